The summed E-state index contributed by atoms with van der Waals surface area (Å²) >= 11 is 6.54. The Labute approximate surface area is 186 Å². The van der Waals surface area contributed by atoms with E-state index in [1.807, 2.05) is 0 Å². The number of fused-ring (bicyclic) bond motifs is 1. The van der Waals surface area contributed by atoms with Gasteiger partial charge in [-0.1, -0.05) is 52.3 Å². The second-order valence-corrected chi connectivity index (χ2v) is 15.0. The Morgan fingerprint density at radius 1 is 1.10 bits per heavy atom. The molecule has 0 bridgehead atoms. The van der Waals surface area contributed by atoms with Gasteiger partial charge in [0.15, 0.2) is 8.32 Å². The van der Waals surface area contributed by atoms with Crippen LogP contribution >= 0.6 is 11.6 Å². The Bertz CT molecular complexity index is 701. The van der Waals surface area contributed by atoms with Crippen LogP contribution in [-0.2, 0) is 4.43 Å². The Hall–Kier alpha value is -0.653. The number of benzene rings is 1. The molecule has 30 heavy (non-hydrogen) atoms. The first-order valence-corrected chi connectivity index (χ1v) is 14.5. The van der Waals surface area contributed by atoms with Gasteiger partial charge in [0, 0.05) is 5.56 Å². The normalized spacial score (nSPS) is 26.0. The lowest BCUT2D eigenvalue weighted by Crippen LogP contribution is -2.37. The van der Waals surface area contributed by atoms with Crippen LogP contribution < -0.4 is 4.74 Å². The third kappa shape index (κ3) is 4.88. The number of rotatable bonds is 11. The molecule has 1 aromatic rings. The monoisotopic (exact) mass is 458 g/mol. The van der Waals surface area contributed by atoms with Crippen molar-refractivity contribution in [2.45, 2.75) is 91.1 Å². The molecule has 0 heterocycles. The van der Waals surface area contributed by atoms with Gasteiger partial charge >= 0.3 is 6.61 Å². The Morgan fingerprint density at radius 2 is 1.70 bits per heavy atom. The van der Waals surface area contributed by atoms with Crippen LogP contribution in [0.1, 0.15) is 72.0 Å². The number of halogens is 3. The van der Waals surface area contributed by atoms with Crippen molar-refractivity contribution in [2.75, 3.05) is 0 Å². The van der Waals surface area contributed by atoms with Crippen molar-refractivity contribution in [1.82, 2.24) is 0 Å². The van der Waals surface area contributed by atoms with Crippen molar-refractivity contribution in [3.8, 4) is 5.75 Å². The van der Waals surface area contributed by atoms with Gasteiger partial charge in [-0.15, -0.1) is 0 Å². The fraction of sp³-hybridized carbons (Fsp3) is 0.750. The zero-order valence-electron chi connectivity index (χ0n) is 19.0. The van der Waals surface area contributed by atoms with Gasteiger partial charge < -0.3 is 9.16 Å². The first kappa shape index (κ1) is 24.0. The molecule has 3 rings (SSSR count). The molecule has 0 saturated heterocycles. The number of hydrogen-bond acceptors (Lipinski definition) is 2. The Kier molecular flexibility index (Phi) is 7.56. The smallest absolute Gasteiger partial charge is 0.387 e. The molecule has 2 nitrogen and oxygen atoms in total. The van der Waals surface area contributed by atoms with Crippen LogP contribution in [0.5, 0.6) is 5.75 Å². The van der Waals surface area contributed by atoms with Crippen molar-refractivity contribution in [2.24, 2.45) is 23.2 Å². The highest BCUT2D eigenvalue weighted by atomic mass is 35.5. The fourth-order valence-electron chi connectivity index (χ4n) is 5.82. The van der Waals surface area contributed by atoms with Gasteiger partial charge in [-0.2, -0.15) is 8.78 Å². The van der Waals surface area contributed by atoms with E-state index in [9.17, 15) is 8.78 Å². The third-order valence-corrected chi connectivity index (χ3v) is 13.2. The third-order valence-electron chi connectivity index (χ3n) is 8.18. The summed E-state index contributed by atoms with van der Waals surface area (Å²) in [6.45, 7) is 8.44. The largest absolute Gasteiger partial charge is 0.434 e. The highest BCUT2D eigenvalue weighted by Gasteiger charge is 2.61. The summed E-state index contributed by atoms with van der Waals surface area (Å²) in [5.74, 6) is 2.57. The molecule has 2 unspecified atom stereocenters. The molecule has 0 aromatic heterocycles. The van der Waals surface area contributed by atoms with Gasteiger partial charge in [-0.3, -0.25) is 0 Å². The molecule has 0 aliphatic heterocycles. The highest BCUT2D eigenvalue weighted by Crippen LogP contribution is 2.68. The van der Waals surface area contributed by atoms with Crippen molar-refractivity contribution >= 4 is 19.9 Å². The second kappa shape index (κ2) is 9.46. The predicted molar refractivity (Wildman–Crippen MR) is 122 cm³/mol. The van der Waals surface area contributed by atoms with Crippen LogP contribution in [-0.4, -0.2) is 14.9 Å². The molecule has 2 saturated carbocycles. The Morgan fingerprint density at radius 3 is 2.23 bits per heavy atom. The first-order chi connectivity index (χ1) is 14.2. The first-order valence-electron chi connectivity index (χ1n) is 11.6. The van der Waals surface area contributed by atoms with E-state index in [1.165, 1.54) is 12.8 Å². The van der Waals surface area contributed by atoms with Crippen molar-refractivity contribution in [1.29, 1.82) is 0 Å². The number of ether oxygens (including phenoxy) is 1. The molecular weight excluding hydrogens is 422 g/mol. The molecule has 0 radical (unpaired) electrons. The lowest BCUT2D eigenvalue weighted by molar-refractivity contribution is -0.0515. The average molecular weight is 459 g/mol. The van der Waals surface area contributed by atoms with Crippen LogP contribution in [0.15, 0.2) is 18.2 Å². The van der Waals surface area contributed by atoms with Gasteiger partial charge in [0.25, 0.3) is 0 Å². The summed E-state index contributed by atoms with van der Waals surface area (Å²) < 4.78 is 37.9. The summed E-state index contributed by atoms with van der Waals surface area (Å²) in [4.78, 5) is 0. The van der Waals surface area contributed by atoms with E-state index < -0.39 is 14.9 Å². The summed E-state index contributed by atoms with van der Waals surface area (Å²) in [6, 6.07) is 8.03. The zero-order valence-corrected chi connectivity index (χ0v) is 20.8. The van der Waals surface area contributed by atoms with E-state index in [4.69, 9.17) is 20.8 Å². The van der Waals surface area contributed by atoms with Crippen LogP contribution in [0.25, 0.3) is 0 Å². The van der Waals surface area contributed by atoms with Gasteiger partial charge in [0.1, 0.15) is 5.75 Å². The van der Waals surface area contributed by atoms with Crippen LogP contribution in [0, 0.1) is 23.2 Å². The Balaban J connectivity index is 1.81. The number of alkyl halides is 2. The van der Waals surface area contributed by atoms with E-state index in [0.29, 0.717) is 21.9 Å². The van der Waals surface area contributed by atoms with Gasteiger partial charge in [0.05, 0.1) is 11.1 Å². The zero-order chi connectivity index (χ0) is 22.1. The lowest BCUT2D eigenvalue weighted by Gasteiger charge is -2.35. The lowest BCUT2D eigenvalue weighted by atomic mass is 9.88. The molecular formula is C24H37ClF2O2Si. The highest BCUT2D eigenvalue weighted by molar-refractivity contribution is 6.73. The van der Waals surface area contributed by atoms with Gasteiger partial charge in [-0.05, 0) is 79.1 Å². The van der Waals surface area contributed by atoms with Crippen molar-refractivity contribution in [3.63, 3.8) is 0 Å². The molecule has 0 amide bonds. The maximum absolute atomic E-state index is 13.1. The molecule has 2 aliphatic carbocycles. The van der Waals surface area contributed by atoms with E-state index >= 15 is 0 Å². The molecule has 2 aliphatic rings. The molecule has 0 N–H and O–H groups in total. The number of hydrogen-bond donors (Lipinski definition) is 0. The maximum atomic E-state index is 13.1. The van der Waals surface area contributed by atoms with Crippen LogP contribution in [0.4, 0.5) is 8.78 Å². The van der Waals surface area contributed by atoms with Gasteiger partial charge in [0.2, 0.25) is 0 Å². The van der Waals surface area contributed by atoms with E-state index in [-0.39, 0.29) is 11.9 Å². The summed E-state index contributed by atoms with van der Waals surface area (Å²) in [5.41, 5.74) is 1.12. The fourth-order valence-corrected chi connectivity index (χ4v) is 8.95. The molecule has 2 fully saturated rings. The molecule has 6 heteroatoms. The molecule has 4 atom stereocenters. The van der Waals surface area contributed by atoms with Crippen molar-refractivity contribution < 1.29 is 17.9 Å². The maximum Gasteiger partial charge on any atom is 0.387 e. The minimum absolute atomic E-state index is 0.157. The van der Waals surface area contributed by atoms with Gasteiger partial charge in [-0.25, -0.2) is 0 Å². The summed E-state index contributed by atoms with van der Waals surface area (Å²) in [7, 11) is -1.96. The minimum Gasteiger partial charge on any atom is -0.434 e. The molecule has 170 valence electrons. The standard InChI is InChI=1S/C24H37ClF2O2Si/c1-6-30(7-2,8-3)29-21(13-12-16-14-17-18(15-16)24(17,4)5)22-19(25)10-9-11-20(22)28-23(26)27/h9-11,16-18,21,23H,6-8,12-15H2,1-5H3/t16?,17-,18+,21?. The second-order valence-electron chi connectivity index (χ2n) is 9.83. The quantitative estimate of drug-likeness (QED) is 0.309. The summed E-state index contributed by atoms with van der Waals surface area (Å²) in [6.07, 6.45) is 4.14. The molecule has 1 aromatic carbocycles. The average Bonchev–Trinajstić information content (AvgIpc) is 3.04. The SMILES string of the molecule is CC[Si](CC)(CC)OC(CCC1C[C@@H]2[C@H](C1)C2(C)C)c1c(Cl)cccc1OC(F)F. The van der Waals surface area contributed by atoms with E-state index in [0.717, 1.165) is 42.8 Å². The van der Waals surface area contributed by atoms with E-state index in [1.54, 1.807) is 18.2 Å². The van der Waals surface area contributed by atoms with Crippen molar-refractivity contribution in [3.05, 3.63) is 28.8 Å². The summed E-state index contributed by atoms with van der Waals surface area (Å²) in [5, 5.41) is 0.458. The minimum atomic E-state index is -2.88. The topological polar surface area (TPSA) is 18.5 Å². The molecule has 0 spiro atoms. The van der Waals surface area contributed by atoms with E-state index in [2.05, 4.69) is 34.6 Å². The predicted octanol–water partition coefficient (Wildman–Crippen LogP) is 8.47. The van der Waals surface area contributed by atoms with Crippen LogP contribution in [0.3, 0.4) is 0 Å². The van der Waals surface area contributed by atoms with Crippen LogP contribution in [0.2, 0.25) is 23.2 Å².